The number of hydrogen-bond acceptors (Lipinski definition) is 5. The highest BCUT2D eigenvalue weighted by atomic mass is 32.2. The van der Waals surface area contributed by atoms with Gasteiger partial charge in [-0.3, -0.25) is 4.79 Å². The lowest BCUT2D eigenvalue weighted by atomic mass is 10.3. The summed E-state index contributed by atoms with van der Waals surface area (Å²) in [6, 6.07) is 1.87. The lowest BCUT2D eigenvalue weighted by Gasteiger charge is -2.19. The topological polar surface area (TPSA) is 74.7 Å². The highest BCUT2D eigenvalue weighted by Gasteiger charge is 2.26. The van der Waals surface area contributed by atoms with E-state index in [-0.39, 0.29) is 6.61 Å². The fourth-order valence-electron chi connectivity index (χ4n) is 1.55. The Bertz CT molecular complexity index is 652. The molecule has 116 valence electrons. The average molecular weight is 329 g/mol. The summed E-state index contributed by atoms with van der Waals surface area (Å²) in [6.45, 7) is 1.78. The van der Waals surface area contributed by atoms with Crippen LogP contribution in [0.1, 0.15) is 23.8 Å². The molecule has 0 bridgehead atoms. The van der Waals surface area contributed by atoms with Crippen LogP contribution >= 0.6 is 11.3 Å². The van der Waals surface area contributed by atoms with Crippen LogP contribution in [0.25, 0.3) is 0 Å². The molecule has 1 atom stereocenters. The maximum Gasteiger partial charge on any atom is 0.240 e. The Morgan fingerprint density at radius 3 is 2.76 bits per heavy atom. The minimum Gasteiger partial charge on any atom is -0.395 e. The van der Waals surface area contributed by atoms with Crippen molar-refractivity contribution >= 4 is 27.1 Å². The number of rotatable bonds is 5. The van der Waals surface area contributed by atoms with Crippen molar-refractivity contribution in [1.82, 2.24) is 4.90 Å². The van der Waals surface area contributed by atoms with Crippen LogP contribution in [-0.4, -0.2) is 49.5 Å². The quantitative estimate of drug-likeness (QED) is 0.814. The van der Waals surface area contributed by atoms with E-state index >= 15 is 0 Å². The molecule has 0 saturated carbocycles. The van der Waals surface area contributed by atoms with Crippen LogP contribution < -0.4 is 0 Å². The second kappa shape index (κ2) is 7.59. The largest absolute Gasteiger partial charge is 0.395 e. The van der Waals surface area contributed by atoms with Gasteiger partial charge in [0.25, 0.3) is 0 Å². The summed E-state index contributed by atoms with van der Waals surface area (Å²) in [5.41, 5.74) is 0.834. The monoisotopic (exact) mass is 329 g/mol. The van der Waals surface area contributed by atoms with E-state index in [1.54, 1.807) is 7.05 Å². The molecule has 21 heavy (non-hydrogen) atoms. The third-order valence-corrected chi connectivity index (χ3v) is 5.29. The molecule has 0 aromatic carbocycles. The summed E-state index contributed by atoms with van der Waals surface area (Å²) >= 11 is 1.46. The second-order valence-electron chi connectivity index (χ2n) is 4.74. The van der Waals surface area contributed by atoms with Crippen molar-refractivity contribution in [2.75, 3.05) is 19.9 Å². The molecule has 0 aliphatic carbocycles. The highest BCUT2D eigenvalue weighted by molar-refractivity contribution is 7.92. The molecule has 0 spiro atoms. The Morgan fingerprint density at radius 2 is 2.19 bits per heavy atom. The third kappa shape index (κ3) is 5.50. The molecule has 1 unspecified atom stereocenters. The van der Waals surface area contributed by atoms with Crippen LogP contribution in [0.3, 0.4) is 0 Å². The molecule has 0 fully saturated rings. The van der Waals surface area contributed by atoms with Gasteiger partial charge in [0.2, 0.25) is 5.91 Å². The van der Waals surface area contributed by atoms with E-state index < -0.39 is 21.0 Å². The SMILES string of the molecule is CC(C(=O)N(C)Cc1cc(C#CCCO)cs1)S(C)(=O)=O. The zero-order chi connectivity index (χ0) is 16.0. The fourth-order valence-corrected chi connectivity index (χ4v) is 2.97. The van der Waals surface area contributed by atoms with Gasteiger partial charge in [-0.2, -0.15) is 0 Å². The van der Waals surface area contributed by atoms with E-state index in [1.807, 2.05) is 11.4 Å². The summed E-state index contributed by atoms with van der Waals surface area (Å²) in [5.74, 6) is 5.32. The van der Waals surface area contributed by atoms with Crippen LogP contribution in [0.5, 0.6) is 0 Å². The molecule has 7 heteroatoms. The summed E-state index contributed by atoms with van der Waals surface area (Å²) in [5, 5.41) is 9.49. The van der Waals surface area contributed by atoms with Gasteiger partial charge in [0.05, 0.1) is 13.2 Å². The van der Waals surface area contributed by atoms with Gasteiger partial charge in [-0.1, -0.05) is 11.8 Å². The molecule has 1 N–H and O–H groups in total. The molecule has 1 rings (SSSR count). The number of amides is 1. The molecule has 0 radical (unpaired) electrons. The summed E-state index contributed by atoms with van der Waals surface area (Å²) in [7, 11) is -1.80. The zero-order valence-corrected chi connectivity index (χ0v) is 13.9. The lowest BCUT2D eigenvalue weighted by Crippen LogP contribution is -2.38. The van der Waals surface area contributed by atoms with Crippen LogP contribution in [0.4, 0.5) is 0 Å². The summed E-state index contributed by atoms with van der Waals surface area (Å²) < 4.78 is 22.8. The third-order valence-electron chi connectivity index (χ3n) is 2.88. The number of carbonyl (C=O) groups excluding carboxylic acids is 1. The molecule has 0 aliphatic heterocycles. The van der Waals surface area contributed by atoms with Gasteiger partial charge in [-0.15, -0.1) is 11.3 Å². The number of hydrogen-bond donors (Lipinski definition) is 1. The summed E-state index contributed by atoms with van der Waals surface area (Å²) in [6.07, 6.45) is 1.48. The van der Waals surface area contributed by atoms with Crippen molar-refractivity contribution in [2.24, 2.45) is 0 Å². The van der Waals surface area contributed by atoms with Crippen molar-refractivity contribution in [3.05, 3.63) is 21.9 Å². The van der Waals surface area contributed by atoms with E-state index in [2.05, 4.69) is 11.8 Å². The maximum absolute atomic E-state index is 12.0. The molecule has 0 aliphatic rings. The van der Waals surface area contributed by atoms with Crippen molar-refractivity contribution in [2.45, 2.75) is 25.1 Å². The van der Waals surface area contributed by atoms with Crippen molar-refractivity contribution < 1.29 is 18.3 Å². The van der Waals surface area contributed by atoms with Crippen molar-refractivity contribution in [1.29, 1.82) is 0 Å². The van der Waals surface area contributed by atoms with Gasteiger partial charge in [0.15, 0.2) is 9.84 Å². The Hall–Kier alpha value is -1.36. The molecular formula is C14H19NO4S2. The normalized spacial score (nSPS) is 12.4. The Morgan fingerprint density at radius 1 is 1.52 bits per heavy atom. The van der Waals surface area contributed by atoms with Crippen molar-refractivity contribution in [3.8, 4) is 11.8 Å². The predicted octanol–water partition coefficient (Wildman–Crippen LogP) is 0.873. The molecule has 1 aromatic heterocycles. The lowest BCUT2D eigenvalue weighted by molar-refractivity contribution is -0.129. The first-order valence-electron chi connectivity index (χ1n) is 6.36. The van der Waals surface area contributed by atoms with Crippen LogP contribution in [0.2, 0.25) is 0 Å². The number of nitrogens with zero attached hydrogens (tertiary/aromatic N) is 1. The van der Waals surface area contributed by atoms with E-state index in [0.717, 1.165) is 16.7 Å². The van der Waals surface area contributed by atoms with Crippen LogP contribution in [-0.2, 0) is 21.2 Å². The zero-order valence-electron chi connectivity index (χ0n) is 12.3. The van der Waals surface area contributed by atoms with Gasteiger partial charge in [0.1, 0.15) is 5.25 Å². The minimum absolute atomic E-state index is 0.0324. The Kier molecular flexibility index (Phi) is 6.40. The second-order valence-corrected chi connectivity index (χ2v) is 8.11. The van der Waals surface area contributed by atoms with E-state index in [4.69, 9.17) is 5.11 Å². The van der Waals surface area contributed by atoms with Gasteiger partial charge >= 0.3 is 0 Å². The fraction of sp³-hybridized carbons (Fsp3) is 0.500. The van der Waals surface area contributed by atoms with Gasteiger partial charge in [-0.25, -0.2) is 8.42 Å². The van der Waals surface area contributed by atoms with Gasteiger partial charge in [0, 0.05) is 35.5 Å². The smallest absolute Gasteiger partial charge is 0.240 e. The number of thiophene rings is 1. The molecule has 0 saturated heterocycles. The molecule has 1 heterocycles. The van der Waals surface area contributed by atoms with Gasteiger partial charge in [-0.05, 0) is 13.0 Å². The molecule has 1 aromatic rings. The molecular weight excluding hydrogens is 310 g/mol. The summed E-state index contributed by atoms with van der Waals surface area (Å²) in [4.78, 5) is 14.3. The molecule has 5 nitrogen and oxygen atoms in total. The minimum atomic E-state index is -3.38. The number of aliphatic hydroxyl groups is 1. The first-order chi connectivity index (χ1) is 9.75. The van der Waals surface area contributed by atoms with Gasteiger partial charge < -0.3 is 10.0 Å². The van der Waals surface area contributed by atoms with Crippen LogP contribution in [0.15, 0.2) is 11.4 Å². The first kappa shape index (κ1) is 17.7. The first-order valence-corrected chi connectivity index (χ1v) is 9.20. The number of carbonyl (C=O) groups is 1. The Labute approximate surface area is 129 Å². The van der Waals surface area contributed by atoms with E-state index in [0.29, 0.717) is 13.0 Å². The van der Waals surface area contributed by atoms with E-state index in [9.17, 15) is 13.2 Å². The van der Waals surface area contributed by atoms with Crippen molar-refractivity contribution in [3.63, 3.8) is 0 Å². The number of sulfone groups is 1. The average Bonchev–Trinajstić information content (AvgIpc) is 2.83. The maximum atomic E-state index is 12.0. The molecule has 1 amide bonds. The predicted molar refractivity (Wildman–Crippen MR) is 83.7 cm³/mol. The standard InChI is InChI=1S/C14H19NO4S2/c1-11(21(3,18)19)14(17)15(2)9-13-8-12(10-20-13)6-4-5-7-16/h8,10-11,16H,5,7,9H2,1-3H3. The highest BCUT2D eigenvalue weighted by Crippen LogP contribution is 2.16. The van der Waals surface area contributed by atoms with Crippen LogP contribution in [0, 0.1) is 11.8 Å². The number of aliphatic hydroxyl groups excluding tert-OH is 1. The Balaban J connectivity index is 2.70. The van der Waals surface area contributed by atoms with E-state index in [1.165, 1.54) is 23.2 Å².